The van der Waals surface area contributed by atoms with E-state index in [0.29, 0.717) is 6.42 Å². The van der Waals surface area contributed by atoms with Crippen LogP contribution < -0.4 is 0 Å². The van der Waals surface area contributed by atoms with Gasteiger partial charge in [-0.1, -0.05) is 13.8 Å². The van der Waals surface area contributed by atoms with Gasteiger partial charge in [0.05, 0.1) is 4.92 Å². The molecule has 0 spiro atoms. The fraction of sp³-hybridized carbons (Fsp3) is 0.417. The first-order valence-corrected chi connectivity index (χ1v) is 5.26. The first-order valence-electron chi connectivity index (χ1n) is 5.26. The van der Waals surface area contributed by atoms with Crippen LogP contribution >= 0.6 is 0 Å². The smallest absolute Gasteiger partial charge is 0.247 e. The van der Waals surface area contributed by atoms with Crippen LogP contribution in [0.1, 0.15) is 31.4 Å². The molecule has 0 atom stereocenters. The maximum Gasteiger partial charge on any atom is 0.247 e. The van der Waals surface area contributed by atoms with Crippen molar-refractivity contribution >= 4 is 6.08 Å². The Hall–Kier alpha value is -1.71. The average molecular weight is 220 g/mol. The molecule has 0 radical (unpaired) electrons. The van der Waals surface area contributed by atoms with Crippen LogP contribution in [0.4, 0.5) is 0 Å². The van der Waals surface area contributed by atoms with Gasteiger partial charge in [-0.25, -0.2) is 0 Å². The fourth-order valence-electron chi connectivity index (χ4n) is 1.41. The third-order valence-corrected chi connectivity index (χ3v) is 2.25. The summed E-state index contributed by atoms with van der Waals surface area (Å²) < 4.78 is 0. The molecule has 0 saturated carbocycles. The van der Waals surface area contributed by atoms with Gasteiger partial charge < -0.3 is 0 Å². The zero-order chi connectivity index (χ0) is 12.1. The minimum Gasteiger partial charge on any atom is -0.264 e. The van der Waals surface area contributed by atoms with Gasteiger partial charge in [0.1, 0.15) is 0 Å². The van der Waals surface area contributed by atoms with E-state index >= 15 is 0 Å². The first kappa shape index (κ1) is 12.4. The van der Waals surface area contributed by atoms with Crippen LogP contribution in [0.15, 0.2) is 24.2 Å². The van der Waals surface area contributed by atoms with Crippen molar-refractivity contribution < 1.29 is 4.92 Å². The Bertz CT molecular complexity index is 411. The minimum absolute atomic E-state index is 0.242. The van der Waals surface area contributed by atoms with Gasteiger partial charge in [-0.05, 0) is 24.5 Å². The summed E-state index contributed by atoms with van der Waals surface area (Å²) in [5.74, 6) is 0.272. The summed E-state index contributed by atoms with van der Waals surface area (Å²) in [6, 6.07) is 1.85. The molecule has 4 nitrogen and oxygen atoms in total. The van der Waals surface area contributed by atoms with Gasteiger partial charge in [0.25, 0.3) is 0 Å². The number of aromatic nitrogens is 1. The number of allylic oxidation sites excluding steroid dienone is 1. The van der Waals surface area contributed by atoms with E-state index in [1.807, 2.05) is 26.8 Å². The molecule has 4 heteroatoms. The van der Waals surface area contributed by atoms with E-state index in [0.717, 1.165) is 11.1 Å². The molecule has 1 heterocycles. The van der Waals surface area contributed by atoms with Gasteiger partial charge in [0.15, 0.2) is 0 Å². The Kier molecular flexibility index (Phi) is 4.17. The third kappa shape index (κ3) is 3.46. The zero-order valence-electron chi connectivity index (χ0n) is 9.80. The fourth-order valence-corrected chi connectivity index (χ4v) is 1.41. The number of rotatable bonds is 4. The lowest BCUT2D eigenvalue weighted by molar-refractivity contribution is -0.427. The predicted octanol–water partition coefficient (Wildman–Crippen LogP) is 3.05. The number of nitro groups is 1. The van der Waals surface area contributed by atoms with Gasteiger partial charge in [0, 0.05) is 30.5 Å². The van der Waals surface area contributed by atoms with E-state index < -0.39 is 0 Å². The summed E-state index contributed by atoms with van der Waals surface area (Å²) in [7, 11) is 0. The second kappa shape index (κ2) is 5.39. The molecule has 16 heavy (non-hydrogen) atoms. The highest BCUT2D eigenvalue weighted by molar-refractivity contribution is 5.53. The van der Waals surface area contributed by atoms with E-state index in [4.69, 9.17) is 0 Å². The maximum atomic E-state index is 10.9. The van der Waals surface area contributed by atoms with Gasteiger partial charge in [-0.2, -0.15) is 0 Å². The Morgan fingerprint density at radius 3 is 2.81 bits per heavy atom. The number of hydrogen-bond acceptors (Lipinski definition) is 3. The first-order chi connectivity index (χ1) is 7.50. The predicted molar refractivity (Wildman–Crippen MR) is 63.4 cm³/mol. The van der Waals surface area contributed by atoms with Crippen LogP contribution in [0.2, 0.25) is 0 Å². The summed E-state index contributed by atoms with van der Waals surface area (Å²) >= 11 is 0. The van der Waals surface area contributed by atoms with Crippen LogP contribution in [-0.4, -0.2) is 9.91 Å². The average Bonchev–Trinajstić information content (AvgIpc) is 2.19. The molecule has 0 fully saturated rings. The molecule has 0 aromatic carbocycles. The van der Waals surface area contributed by atoms with E-state index in [-0.39, 0.29) is 16.5 Å². The summed E-state index contributed by atoms with van der Waals surface area (Å²) in [4.78, 5) is 14.5. The molecule has 1 aromatic heterocycles. The van der Waals surface area contributed by atoms with Gasteiger partial charge in [-0.15, -0.1) is 0 Å². The molecule has 0 aliphatic heterocycles. The van der Waals surface area contributed by atoms with E-state index in [1.54, 1.807) is 18.5 Å². The normalized spacial score (nSPS) is 11.9. The van der Waals surface area contributed by atoms with Crippen molar-refractivity contribution in [2.45, 2.75) is 27.2 Å². The van der Waals surface area contributed by atoms with Crippen LogP contribution in [0, 0.1) is 23.0 Å². The lowest BCUT2D eigenvalue weighted by Crippen LogP contribution is -2.02. The number of pyridine rings is 1. The van der Waals surface area contributed by atoms with Crippen LogP contribution in [0.25, 0.3) is 6.08 Å². The minimum atomic E-state index is -0.313. The highest BCUT2D eigenvalue weighted by Crippen LogP contribution is 2.17. The van der Waals surface area contributed by atoms with Crippen LogP contribution in [0.5, 0.6) is 0 Å². The van der Waals surface area contributed by atoms with Crippen molar-refractivity contribution in [2.75, 3.05) is 0 Å². The molecule has 1 rings (SSSR count). The highest BCUT2D eigenvalue weighted by atomic mass is 16.6. The van der Waals surface area contributed by atoms with Gasteiger partial charge in [0.2, 0.25) is 5.70 Å². The van der Waals surface area contributed by atoms with Gasteiger partial charge >= 0.3 is 0 Å². The second-order valence-electron chi connectivity index (χ2n) is 4.22. The van der Waals surface area contributed by atoms with E-state index in [9.17, 15) is 10.1 Å². The van der Waals surface area contributed by atoms with E-state index in [1.165, 1.54) is 0 Å². The van der Waals surface area contributed by atoms with Crippen LogP contribution in [-0.2, 0) is 0 Å². The molecule has 0 saturated heterocycles. The topological polar surface area (TPSA) is 56.0 Å². The molecule has 86 valence electrons. The summed E-state index contributed by atoms with van der Waals surface area (Å²) in [5.41, 5.74) is 2.05. The largest absolute Gasteiger partial charge is 0.264 e. The van der Waals surface area contributed by atoms with Crippen molar-refractivity contribution in [3.63, 3.8) is 0 Å². The van der Waals surface area contributed by atoms with Crippen LogP contribution in [0.3, 0.4) is 0 Å². The molecule has 0 N–H and O–H groups in total. The maximum absolute atomic E-state index is 10.9. The molecule has 0 amide bonds. The SMILES string of the molecule is Cc1ccncc1/C=C(/CC(C)C)[N+](=O)[O-]. The lowest BCUT2D eigenvalue weighted by Gasteiger charge is -2.03. The molecular formula is C12H16N2O2. The number of aryl methyl sites for hydroxylation is 1. The zero-order valence-corrected chi connectivity index (χ0v) is 9.80. The quantitative estimate of drug-likeness (QED) is 0.578. The van der Waals surface area contributed by atoms with Crippen molar-refractivity contribution in [1.29, 1.82) is 0 Å². The molecule has 1 aromatic rings. The molecule has 0 unspecified atom stereocenters. The third-order valence-electron chi connectivity index (χ3n) is 2.25. The molecule has 0 bridgehead atoms. The molecule has 0 aliphatic rings. The lowest BCUT2D eigenvalue weighted by atomic mass is 10.1. The molecule has 0 aliphatic carbocycles. The Labute approximate surface area is 95.2 Å². The highest BCUT2D eigenvalue weighted by Gasteiger charge is 2.13. The number of nitrogens with zero attached hydrogens (tertiary/aromatic N) is 2. The summed E-state index contributed by atoms with van der Waals surface area (Å²) in [5, 5.41) is 10.9. The Morgan fingerprint density at radius 1 is 1.62 bits per heavy atom. The monoisotopic (exact) mass is 220 g/mol. The van der Waals surface area contributed by atoms with Crippen molar-refractivity contribution in [2.24, 2.45) is 5.92 Å². The Balaban J connectivity index is 3.03. The summed E-state index contributed by atoms with van der Waals surface area (Å²) in [6.45, 7) is 5.85. The summed E-state index contributed by atoms with van der Waals surface area (Å²) in [6.07, 6.45) is 5.42. The number of hydrogen-bond donors (Lipinski definition) is 0. The van der Waals surface area contributed by atoms with Gasteiger partial charge in [-0.3, -0.25) is 15.1 Å². The van der Waals surface area contributed by atoms with Crippen molar-refractivity contribution in [3.8, 4) is 0 Å². The second-order valence-corrected chi connectivity index (χ2v) is 4.22. The van der Waals surface area contributed by atoms with Crippen molar-refractivity contribution in [1.82, 2.24) is 4.98 Å². The standard InChI is InChI=1S/C12H16N2O2/c1-9(2)6-12(14(15)16)7-11-8-13-5-4-10(11)3/h4-5,7-9H,6H2,1-3H3/b12-7-. The molecular weight excluding hydrogens is 204 g/mol. The Morgan fingerprint density at radius 2 is 2.31 bits per heavy atom. The van der Waals surface area contributed by atoms with Crippen molar-refractivity contribution in [3.05, 3.63) is 45.4 Å². The van der Waals surface area contributed by atoms with E-state index in [2.05, 4.69) is 4.98 Å².